The van der Waals surface area contributed by atoms with Gasteiger partial charge in [0.2, 0.25) is 0 Å². The van der Waals surface area contributed by atoms with Crippen LogP contribution >= 0.6 is 0 Å². The van der Waals surface area contributed by atoms with Crippen molar-refractivity contribution in [2.75, 3.05) is 0 Å². The van der Waals surface area contributed by atoms with Gasteiger partial charge in [-0.2, -0.15) is 0 Å². The van der Waals surface area contributed by atoms with Crippen molar-refractivity contribution in [3.63, 3.8) is 0 Å². The van der Waals surface area contributed by atoms with Gasteiger partial charge in [-0.1, -0.05) is 91.0 Å². The van der Waals surface area contributed by atoms with Crippen molar-refractivity contribution in [3.8, 4) is 0 Å². The van der Waals surface area contributed by atoms with Crippen LogP contribution in [-0.2, 0) is 20.9 Å². The molecule has 0 unspecified atom stereocenters. The molecule has 1 N–H and O–H groups in total. The summed E-state index contributed by atoms with van der Waals surface area (Å²) in [5.41, 5.74) is 5.86. The number of ether oxygens (including phenoxy) is 1. The lowest BCUT2D eigenvalue weighted by molar-refractivity contribution is -0.140. The van der Waals surface area contributed by atoms with Gasteiger partial charge in [-0.25, -0.2) is 4.79 Å². The number of carbonyl (C=O) groups is 2. The Labute approximate surface area is 200 Å². The third kappa shape index (κ3) is 4.32. The molecule has 0 saturated carbocycles. The van der Waals surface area contributed by atoms with E-state index < -0.39 is 11.9 Å². The first-order valence-electron chi connectivity index (χ1n) is 11.7. The SMILES string of the molecule is CC1=C(C(=O)OCc2ccccc2)[C@@H](c2ccccc2)C2=C(C[C@@H](c3ccccc3)CC2=O)N1. The molecule has 34 heavy (non-hydrogen) atoms. The number of allylic oxidation sites excluding steroid dienone is 3. The summed E-state index contributed by atoms with van der Waals surface area (Å²) in [6.07, 6.45) is 1.16. The van der Waals surface area contributed by atoms with E-state index >= 15 is 0 Å². The van der Waals surface area contributed by atoms with Crippen LogP contribution in [0.3, 0.4) is 0 Å². The Morgan fingerprint density at radius 2 is 1.44 bits per heavy atom. The van der Waals surface area contributed by atoms with Crippen LogP contribution in [0.15, 0.2) is 114 Å². The number of benzene rings is 3. The molecule has 1 aliphatic heterocycles. The third-order valence-corrected chi connectivity index (χ3v) is 6.66. The maximum Gasteiger partial charge on any atom is 0.337 e. The fourth-order valence-corrected chi connectivity index (χ4v) is 5.05. The van der Waals surface area contributed by atoms with Gasteiger partial charge >= 0.3 is 5.97 Å². The summed E-state index contributed by atoms with van der Waals surface area (Å²) in [6, 6.07) is 29.6. The maximum absolute atomic E-state index is 13.6. The van der Waals surface area contributed by atoms with E-state index in [-0.39, 0.29) is 18.3 Å². The minimum atomic E-state index is -0.440. The van der Waals surface area contributed by atoms with Crippen LogP contribution < -0.4 is 5.32 Å². The van der Waals surface area contributed by atoms with Crippen molar-refractivity contribution < 1.29 is 14.3 Å². The molecule has 2 aliphatic rings. The number of esters is 1. The van der Waals surface area contributed by atoms with Crippen LogP contribution in [-0.4, -0.2) is 11.8 Å². The molecule has 1 heterocycles. The van der Waals surface area contributed by atoms with Crippen molar-refractivity contribution in [2.45, 2.75) is 38.2 Å². The summed E-state index contributed by atoms with van der Waals surface area (Å²) in [5.74, 6) is -0.634. The third-order valence-electron chi connectivity index (χ3n) is 6.66. The highest BCUT2D eigenvalue weighted by Crippen LogP contribution is 2.45. The van der Waals surface area contributed by atoms with Gasteiger partial charge in [-0.3, -0.25) is 4.79 Å². The molecule has 0 spiro atoms. The number of Topliss-reactive ketones (excluding diaryl/α,β-unsaturated/α-hetero) is 1. The van der Waals surface area contributed by atoms with E-state index in [0.29, 0.717) is 17.6 Å². The smallest absolute Gasteiger partial charge is 0.337 e. The van der Waals surface area contributed by atoms with Crippen LogP contribution in [0, 0.1) is 0 Å². The van der Waals surface area contributed by atoms with Gasteiger partial charge in [0.1, 0.15) is 6.61 Å². The molecule has 4 nitrogen and oxygen atoms in total. The molecule has 0 bridgehead atoms. The van der Waals surface area contributed by atoms with E-state index in [1.54, 1.807) is 0 Å². The molecular weight excluding hydrogens is 422 g/mol. The summed E-state index contributed by atoms with van der Waals surface area (Å²) in [5, 5.41) is 3.41. The van der Waals surface area contributed by atoms with Crippen LogP contribution in [0.4, 0.5) is 0 Å². The van der Waals surface area contributed by atoms with Crippen molar-refractivity contribution in [1.29, 1.82) is 0 Å². The topological polar surface area (TPSA) is 55.4 Å². The molecule has 0 amide bonds. The molecule has 3 aromatic rings. The van der Waals surface area contributed by atoms with Gasteiger partial charge in [0.15, 0.2) is 5.78 Å². The van der Waals surface area contributed by atoms with Gasteiger partial charge < -0.3 is 10.1 Å². The van der Waals surface area contributed by atoms with Crippen molar-refractivity contribution >= 4 is 11.8 Å². The summed E-state index contributed by atoms with van der Waals surface area (Å²) < 4.78 is 5.72. The number of carbonyl (C=O) groups excluding carboxylic acids is 2. The standard InChI is InChI=1S/C30H27NO3/c1-20-27(30(33)34-19-21-11-5-2-6-12-21)28(23-15-9-4-10-16-23)29-25(31-20)17-24(18-26(29)32)22-13-7-3-8-14-22/h2-16,24,28,31H,17-19H2,1H3/t24-,28-/m1/s1. The van der Waals surface area contributed by atoms with E-state index in [1.165, 1.54) is 0 Å². The lowest BCUT2D eigenvalue weighted by Gasteiger charge is -2.36. The molecule has 5 rings (SSSR count). The first-order valence-corrected chi connectivity index (χ1v) is 11.7. The first kappa shape index (κ1) is 21.9. The van der Waals surface area contributed by atoms with Crippen LogP contribution in [0.1, 0.15) is 48.3 Å². The quantitative estimate of drug-likeness (QED) is 0.501. The second kappa shape index (κ2) is 9.52. The van der Waals surface area contributed by atoms with E-state index in [2.05, 4.69) is 17.4 Å². The normalized spacial score (nSPS) is 20.0. The predicted molar refractivity (Wildman–Crippen MR) is 132 cm³/mol. The highest BCUT2D eigenvalue weighted by molar-refractivity contribution is 6.04. The molecule has 0 fully saturated rings. The second-order valence-corrected chi connectivity index (χ2v) is 8.90. The number of nitrogens with one attached hydrogen (secondary N) is 1. The Kier molecular flexibility index (Phi) is 6.13. The molecule has 1 aliphatic carbocycles. The van der Waals surface area contributed by atoms with Gasteiger partial charge in [0, 0.05) is 29.3 Å². The summed E-state index contributed by atoms with van der Waals surface area (Å²) in [6.45, 7) is 2.09. The van der Waals surface area contributed by atoms with Gasteiger partial charge in [-0.15, -0.1) is 0 Å². The molecule has 2 atom stereocenters. The molecule has 4 heteroatoms. The van der Waals surface area contributed by atoms with Gasteiger partial charge in [0.05, 0.1) is 5.57 Å². The number of hydrogen-bond acceptors (Lipinski definition) is 4. The van der Waals surface area contributed by atoms with Crippen LogP contribution in [0.2, 0.25) is 0 Å². The number of dihydropyridines is 1. The Bertz CT molecular complexity index is 1260. The second-order valence-electron chi connectivity index (χ2n) is 8.90. The average molecular weight is 450 g/mol. The van der Waals surface area contributed by atoms with E-state index in [9.17, 15) is 9.59 Å². The molecular formula is C30H27NO3. The van der Waals surface area contributed by atoms with Crippen molar-refractivity contribution in [3.05, 3.63) is 130 Å². The van der Waals surface area contributed by atoms with Crippen molar-refractivity contribution in [1.82, 2.24) is 5.32 Å². The fraction of sp³-hybridized carbons (Fsp3) is 0.200. The number of rotatable bonds is 5. The van der Waals surface area contributed by atoms with E-state index in [4.69, 9.17) is 4.74 Å². The molecule has 0 aromatic heterocycles. The Morgan fingerprint density at radius 3 is 2.09 bits per heavy atom. The van der Waals surface area contributed by atoms with E-state index in [1.807, 2.05) is 85.8 Å². The highest BCUT2D eigenvalue weighted by Gasteiger charge is 2.41. The van der Waals surface area contributed by atoms with Crippen LogP contribution in [0.5, 0.6) is 0 Å². The van der Waals surface area contributed by atoms with E-state index in [0.717, 1.165) is 34.5 Å². The Hall–Kier alpha value is -3.92. The Morgan fingerprint density at radius 1 is 0.853 bits per heavy atom. The first-order chi connectivity index (χ1) is 16.6. The van der Waals surface area contributed by atoms with Crippen LogP contribution in [0.25, 0.3) is 0 Å². The highest BCUT2D eigenvalue weighted by atomic mass is 16.5. The fourth-order valence-electron chi connectivity index (χ4n) is 5.05. The zero-order chi connectivity index (χ0) is 23.5. The number of hydrogen-bond donors (Lipinski definition) is 1. The minimum absolute atomic E-state index is 0.0808. The zero-order valence-corrected chi connectivity index (χ0v) is 19.2. The summed E-state index contributed by atoms with van der Waals surface area (Å²) in [4.78, 5) is 27.0. The molecule has 170 valence electrons. The van der Waals surface area contributed by atoms with Gasteiger partial charge in [-0.05, 0) is 36.0 Å². The maximum atomic E-state index is 13.6. The molecule has 0 saturated heterocycles. The van der Waals surface area contributed by atoms with Crippen molar-refractivity contribution in [2.24, 2.45) is 0 Å². The van der Waals surface area contributed by atoms with Gasteiger partial charge in [0.25, 0.3) is 0 Å². The Balaban J connectivity index is 1.50. The molecule has 3 aromatic carbocycles. The number of ketones is 1. The zero-order valence-electron chi connectivity index (χ0n) is 19.2. The lowest BCUT2D eigenvalue weighted by atomic mass is 9.72. The summed E-state index contributed by atoms with van der Waals surface area (Å²) in [7, 11) is 0. The summed E-state index contributed by atoms with van der Waals surface area (Å²) >= 11 is 0. The monoisotopic (exact) mass is 449 g/mol. The average Bonchev–Trinajstić information content (AvgIpc) is 2.88. The largest absolute Gasteiger partial charge is 0.457 e. The molecule has 0 radical (unpaired) electrons. The lowest BCUT2D eigenvalue weighted by Crippen LogP contribution is -2.36. The minimum Gasteiger partial charge on any atom is -0.457 e. The predicted octanol–water partition coefficient (Wildman–Crippen LogP) is 5.79.